The molecule has 0 aliphatic carbocycles. The molecule has 3 aromatic rings. The first kappa shape index (κ1) is 13.5. The van der Waals surface area contributed by atoms with Crippen molar-refractivity contribution in [3.63, 3.8) is 0 Å². The largest absolute Gasteiger partial charge is 0.293 e. The van der Waals surface area contributed by atoms with E-state index in [0.717, 1.165) is 14.2 Å². The van der Waals surface area contributed by atoms with Gasteiger partial charge in [0, 0.05) is 15.8 Å². The average Bonchev–Trinajstić information content (AvgIpc) is 2.95. The third-order valence-corrected chi connectivity index (χ3v) is 4.96. The molecular weight excluding hydrogens is 332 g/mol. The van der Waals surface area contributed by atoms with E-state index in [1.54, 1.807) is 11.3 Å². The van der Waals surface area contributed by atoms with Gasteiger partial charge in [-0.25, -0.2) is 0 Å². The number of carbonyl (C=O) groups excluding carboxylic acids is 1. The second-order valence-corrected chi connectivity index (χ2v) is 6.65. The highest BCUT2D eigenvalue weighted by atomic mass is 79.9. The van der Waals surface area contributed by atoms with Crippen LogP contribution < -0.4 is 0 Å². The number of fused-ring (bicyclic) bond motifs is 1. The van der Waals surface area contributed by atoms with Crippen LogP contribution in [0.1, 0.15) is 23.0 Å². The third-order valence-electron chi connectivity index (χ3n) is 3.29. The normalized spacial score (nSPS) is 10.9. The third kappa shape index (κ3) is 2.56. The molecule has 0 amide bonds. The van der Waals surface area contributed by atoms with E-state index in [1.165, 1.54) is 16.3 Å². The van der Waals surface area contributed by atoms with Gasteiger partial charge in [-0.15, -0.1) is 11.3 Å². The molecule has 0 spiro atoms. The lowest BCUT2D eigenvalue weighted by Crippen LogP contribution is -1.90. The van der Waals surface area contributed by atoms with Gasteiger partial charge in [-0.3, -0.25) is 4.79 Å². The summed E-state index contributed by atoms with van der Waals surface area (Å²) in [6, 6.07) is 16.6. The molecule has 0 saturated heterocycles. The second kappa shape index (κ2) is 5.51. The molecule has 0 aliphatic heterocycles. The van der Waals surface area contributed by atoms with Gasteiger partial charge in [-0.1, -0.05) is 41.1 Å². The SMILES string of the molecule is CCC(=O)c1ccc(-c2ccc3cc(Br)ccc3c2)s1. The van der Waals surface area contributed by atoms with E-state index in [9.17, 15) is 4.79 Å². The molecular formula is C17H13BrOS. The van der Waals surface area contributed by atoms with Gasteiger partial charge in [-0.05, 0) is 46.7 Å². The lowest BCUT2D eigenvalue weighted by atomic mass is 10.1. The molecule has 1 nitrogen and oxygen atoms in total. The standard InChI is InChI=1S/C17H13BrOS/c1-2-15(19)17-8-7-16(20-17)13-4-3-12-10-14(18)6-5-11(12)9-13/h3-10H,2H2,1H3. The highest BCUT2D eigenvalue weighted by Crippen LogP contribution is 2.31. The summed E-state index contributed by atoms with van der Waals surface area (Å²) in [5.41, 5.74) is 1.17. The molecule has 3 heteroatoms. The van der Waals surface area contributed by atoms with Gasteiger partial charge in [0.15, 0.2) is 5.78 Å². The predicted molar refractivity (Wildman–Crippen MR) is 89.6 cm³/mol. The molecule has 0 N–H and O–H groups in total. The second-order valence-electron chi connectivity index (χ2n) is 4.65. The molecule has 0 saturated carbocycles. The van der Waals surface area contributed by atoms with Crippen LogP contribution in [0.25, 0.3) is 21.2 Å². The summed E-state index contributed by atoms with van der Waals surface area (Å²) in [5, 5.41) is 2.42. The maximum absolute atomic E-state index is 11.7. The maximum atomic E-state index is 11.7. The van der Waals surface area contributed by atoms with E-state index in [-0.39, 0.29) is 5.78 Å². The van der Waals surface area contributed by atoms with Crippen LogP contribution >= 0.6 is 27.3 Å². The van der Waals surface area contributed by atoms with Crippen molar-refractivity contribution in [2.45, 2.75) is 13.3 Å². The zero-order valence-corrected chi connectivity index (χ0v) is 13.4. The Labute approximate surface area is 130 Å². The van der Waals surface area contributed by atoms with Gasteiger partial charge in [0.2, 0.25) is 0 Å². The summed E-state index contributed by atoms with van der Waals surface area (Å²) in [4.78, 5) is 13.7. The molecule has 1 heterocycles. The zero-order chi connectivity index (χ0) is 14.1. The van der Waals surface area contributed by atoms with Crippen LogP contribution in [-0.4, -0.2) is 5.78 Å². The summed E-state index contributed by atoms with van der Waals surface area (Å²) in [7, 11) is 0. The summed E-state index contributed by atoms with van der Waals surface area (Å²) in [6.45, 7) is 1.90. The number of benzene rings is 2. The van der Waals surface area contributed by atoms with E-state index in [0.29, 0.717) is 6.42 Å². The van der Waals surface area contributed by atoms with Crippen molar-refractivity contribution in [3.8, 4) is 10.4 Å². The Kier molecular flexibility index (Phi) is 3.72. The van der Waals surface area contributed by atoms with E-state index < -0.39 is 0 Å². The number of ketones is 1. The Hall–Kier alpha value is -1.45. The highest BCUT2D eigenvalue weighted by molar-refractivity contribution is 9.10. The maximum Gasteiger partial charge on any atom is 0.172 e. The van der Waals surface area contributed by atoms with Crippen LogP contribution in [0.15, 0.2) is 53.0 Å². The van der Waals surface area contributed by atoms with Crippen molar-refractivity contribution >= 4 is 43.8 Å². The van der Waals surface area contributed by atoms with Gasteiger partial charge < -0.3 is 0 Å². The molecule has 100 valence electrons. The van der Waals surface area contributed by atoms with Crippen LogP contribution in [0.3, 0.4) is 0 Å². The number of hydrogen-bond acceptors (Lipinski definition) is 2. The molecule has 3 rings (SSSR count). The molecule has 20 heavy (non-hydrogen) atoms. The molecule has 0 aliphatic rings. The van der Waals surface area contributed by atoms with Gasteiger partial charge in [0.05, 0.1) is 4.88 Å². The molecule has 1 aromatic heterocycles. The monoisotopic (exact) mass is 344 g/mol. The highest BCUT2D eigenvalue weighted by Gasteiger charge is 2.08. The van der Waals surface area contributed by atoms with Gasteiger partial charge in [0.25, 0.3) is 0 Å². The van der Waals surface area contributed by atoms with Crippen LogP contribution in [-0.2, 0) is 0 Å². The van der Waals surface area contributed by atoms with Crippen molar-refractivity contribution in [2.75, 3.05) is 0 Å². The van der Waals surface area contributed by atoms with Gasteiger partial charge in [-0.2, -0.15) is 0 Å². The molecule has 0 fully saturated rings. The Bertz CT molecular complexity index is 789. The van der Waals surface area contributed by atoms with E-state index in [4.69, 9.17) is 0 Å². The van der Waals surface area contributed by atoms with Gasteiger partial charge in [0.1, 0.15) is 0 Å². The fourth-order valence-corrected chi connectivity index (χ4v) is 3.58. The Morgan fingerprint density at radius 3 is 2.60 bits per heavy atom. The minimum Gasteiger partial charge on any atom is -0.293 e. The Morgan fingerprint density at radius 2 is 1.80 bits per heavy atom. The predicted octanol–water partition coefficient (Wildman–Crippen LogP) is 5.92. The minimum absolute atomic E-state index is 0.214. The Balaban J connectivity index is 2.03. The summed E-state index contributed by atoms with van der Waals surface area (Å²) < 4.78 is 1.09. The van der Waals surface area contributed by atoms with Crippen LogP contribution in [0.4, 0.5) is 0 Å². The molecule has 0 radical (unpaired) electrons. The number of thiophene rings is 1. The zero-order valence-electron chi connectivity index (χ0n) is 11.0. The molecule has 0 unspecified atom stereocenters. The molecule has 0 atom stereocenters. The first-order chi connectivity index (χ1) is 9.67. The first-order valence-electron chi connectivity index (χ1n) is 6.50. The first-order valence-corrected chi connectivity index (χ1v) is 8.11. The lowest BCUT2D eigenvalue weighted by Gasteiger charge is -2.02. The van der Waals surface area contributed by atoms with Crippen LogP contribution in [0, 0.1) is 0 Å². The smallest absolute Gasteiger partial charge is 0.172 e. The number of hydrogen-bond donors (Lipinski definition) is 0. The van der Waals surface area contributed by atoms with Crippen molar-refractivity contribution < 1.29 is 4.79 Å². The van der Waals surface area contributed by atoms with E-state index in [2.05, 4.69) is 46.3 Å². The van der Waals surface area contributed by atoms with Crippen LogP contribution in [0.5, 0.6) is 0 Å². The fourth-order valence-electron chi connectivity index (χ4n) is 2.19. The van der Waals surface area contributed by atoms with Crippen molar-refractivity contribution in [1.29, 1.82) is 0 Å². The van der Waals surface area contributed by atoms with Crippen molar-refractivity contribution in [2.24, 2.45) is 0 Å². The van der Waals surface area contributed by atoms with Crippen molar-refractivity contribution in [1.82, 2.24) is 0 Å². The van der Waals surface area contributed by atoms with Gasteiger partial charge >= 0.3 is 0 Å². The summed E-state index contributed by atoms with van der Waals surface area (Å²) in [6.07, 6.45) is 0.561. The number of rotatable bonds is 3. The minimum atomic E-state index is 0.214. The number of halogens is 1. The van der Waals surface area contributed by atoms with E-state index in [1.807, 2.05) is 25.1 Å². The quantitative estimate of drug-likeness (QED) is 0.538. The number of carbonyl (C=O) groups is 1. The van der Waals surface area contributed by atoms with Crippen LogP contribution in [0.2, 0.25) is 0 Å². The summed E-state index contributed by atoms with van der Waals surface area (Å²) >= 11 is 5.06. The average molecular weight is 345 g/mol. The Morgan fingerprint density at radius 1 is 1.05 bits per heavy atom. The van der Waals surface area contributed by atoms with Crippen molar-refractivity contribution in [3.05, 3.63) is 57.9 Å². The lowest BCUT2D eigenvalue weighted by molar-refractivity contribution is 0.0992. The molecule has 2 aromatic carbocycles. The molecule has 0 bridgehead atoms. The summed E-state index contributed by atoms with van der Waals surface area (Å²) in [5.74, 6) is 0.214. The number of Topliss-reactive ketones (excluding diaryl/α,β-unsaturated/α-hetero) is 1. The topological polar surface area (TPSA) is 17.1 Å². The van der Waals surface area contributed by atoms with E-state index >= 15 is 0 Å². The fraction of sp³-hybridized carbons (Fsp3) is 0.118.